The lowest BCUT2D eigenvalue weighted by molar-refractivity contribution is -0.122. The Hall–Kier alpha value is -0.610. The average molecular weight is 284 g/mol. The fourth-order valence-corrected chi connectivity index (χ4v) is 3.62. The third kappa shape index (κ3) is 7.25. The first-order valence-electron chi connectivity index (χ1n) is 7.89. The topological polar surface area (TPSA) is 50.4 Å². The van der Waals surface area contributed by atoms with E-state index < -0.39 is 0 Å². The number of rotatable bonds is 8. The van der Waals surface area contributed by atoms with Crippen molar-refractivity contribution in [3.05, 3.63) is 0 Å². The van der Waals surface area contributed by atoms with Gasteiger partial charge in [-0.3, -0.25) is 4.79 Å². The average Bonchev–Trinajstić information content (AvgIpc) is 2.30. The molecular formula is C16H32N2O2. The number of ether oxygens (including phenoxy) is 1. The molecule has 0 heterocycles. The normalized spacial score (nSPS) is 25.4. The molecule has 118 valence electrons. The maximum absolute atomic E-state index is 12.0. The van der Waals surface area contributed by atoms with Crippen molar-refractivity contribution in [2.24, 2.45) is 17.3 Å². The summed E-state index contributed by atoms with van der Waals surface area (Å²) in [5.74, 6) is 1.50. The zero-order valence-electron chi connectivity index (χ0n) is 13.6. The molecule has 20 heavy (non-hydrogen) atoms. The summed E-state index contributed by atoms with van der Waals surface area (Å²) in [5, 5.41) is 6.23. The van der Waals surface area contributed by atoms with E-state index in [4.69, 9.17) is 4.74 Å². The van der Waals surface area contributed by atoms with Crippen LogP contribution in [-0.4, -0.2) is 39.3 Å². The van der Waals surface area contributed by atoms with Gasteiger partial charge in [0.25, 0.3) is 0 Å². The summed E-state index contributed by atoms with van der Waals surface area (Å²) in [7, 11) is 1.69. The Morgan fingerprint density at radius 3 is 2.65 bits per heavy atom. The van der Waals surface area contributed by atoms with Crippen molar-refractivity contribution in [3.8, 4) is 0 Å². The number of methoxy groups -OCH3 is 1. The van der Waals surface area contributed by atoms with Crippen molar-refractivity contribution in [1.82, 2.24) is 10.6 Å². The van der Waals surface area contributed by atoms with Crippen molar-refractivity contribution in [2.75, 3.05) is 33.4 Å². The van der Waals surface area contributed by atoms with E-state index in [9.17, 15) is 4.79 Å². The lowest BCUT2D eigenvalue weighted by Crippen LogP contribution is -2.35. The van der Waals surface area contributed by atoms with E-state index in [0.29, 0.717) is 30.9 Å². The van der Waals surface area contributed by atoms with E-state index in [1.807, 2.05) is 0 Å². The van der Waals surface area contributed by atoms with Crippen LogP contribution in [0.2, 0.25) is 0 Å². The summed E-state index contributed by atoms with van der Waals surface area (Å²) in [6.07, 6.45) is 4.35. The van der Waals surface area contributed by atoms with E-state index in [1.54, 1.807) is 7.11 Å². The highest BCUT2D eigenvalue weighted by atomic mass is 16.5. The summed E-state index contributed by atoms with van der Waals surface area (Å²) in [6, 6.07) is 0. The summed E-state index contributed by atoms with van der Waals surface area (Å²) in [4.78, 5) is 12.0. The van der Waals surface area contributed by atoms with Gasteiger partial charge in [0.15, 0.2) is 0 Å². The zero-order valence-corrected chi connectivity index (χ0v) is 13.6. The highest BCUT2D eigenvalue weighted by Gasteiger charge is 2.32. The van der Waals surface area contributed by atoms with Gasteiger partial charge in [0.05, 0.1) is 6.61 Å². The van der Waals surface area contributed by atoms with Crippen molar-refractivity contribution < 1.29 is 9.53 Å². The fraction of sp³-hybridized carbons (Fsp3) is 0.938. The van der Waals surface area contributed by atoms with Gasteiger partial charge in [-0.25, -0.2) is 0 Å². The van der Waals surface area contributed by atoms with E-state index >= 15 is 0 Å². The van der Waals surface area contributed by atoms with E-state index in [0.717, 1.165) is 19.0 Å². The summed E-state index contributed by atoms with van der Waals surface area (Å²) in [5.41, 5.74) is 0.393. The SMILES string of the molecule is COCCNCCNC(=O)CC1CC(C)CC(C)(C)C1. The quantitative estimate of drug-likeness (QED) is 0.672. The second-order valence-corrected chi connectivity index (χ2v) is 7.08. The van der Waals surface area contributed by atoms with Crippen LogP contribution in [0.15, 0.2) is 0 Å². The second kappa shape index (κ2) is 8.63. The van der Waals surface area contributed by atoms with Gasteiger partial charge in [0.1, 0.15) is 0 Å². The number of hydrogen-bond acceptors (Lipinski definition) is 3. The minimum Gasteiger partial charge on any atom is -0.383 e. The van der Waals surface area contributed by atoms with Gasteiger partial charge < -0.3 is 15.4 Å². The molecule has 0 aromatic rings. The molecule has 0 bridgehead atoms. The molecule has 2 unspecified atom stereocenters. The van der Waals surface area contributed by atoms with Crippen LogP contribution in [0, 0.1) is 17.3 Å². The first kappa shape index (κ1) is 17.4. The maximum atomic E-state index is 12.0. The Morgan fingerprint density at radius 1 is 1.25 bits per heavy atom. The van der Waals surface area contributed by atoms with Crippen LogP contribution < -0.4 is 10.6 Å². The molecule has 0 radical (unpaired) electrons. The minimum absolute atomic E-state index is 0.202. The van der Waals surface area contributed by atoms with E-state index in [-0.39, 0.29) is 5.91 Å². The van der Waals surface area contributed by atoms with Crippen molar-refractivity contribution in [2.45, 2.75) is 46.5 Å². The highest BCUT2D eigenvalue weighted by molar-refractivity contribution is 5.76. The molecule has 0 aromatic heterocycles. The van der Waals surface area contributed by atoms with Gasteiger partial charge in [-0.05, 0) is 36.5 Å². The number of nitrogens with one attached hydrogen (secondary N) is 2. The molecule has 0 spiro atoms. The Kier molecular flexibility index (Phi) is 7.52. The van der Waals surface area contributed by atoms with E-state index in [2.05, 4.69) is 31.4 Å². The Bertz CT molecular complexity index is 292. The molecule has 1 saturated carbocycles. The molecule has 1 aliphatic carbocycles. The first-order chi connectivity index (χ1) is 9.43. The number of carbonyl (C=O) groups is 1. The molecule has 4 heteroatoms. The molecule has 0 aromatic carbocycles. The molecule has 2 N–H and O–H groups in total. The predicted molar refractivity (Wildman–Crippen MR) is 82.7 cm³/mol. The Morgan fingerprint density at radius 2 is 2.00 bits per heavy atom. The second-order valence-electron chi connectivity index (χ2n) is 7.08. The number of hydrogen-bond donors (Lipinski definition) is 2. The van der Waals surface area contributed by atoms with Crippen molar-refractivity contribution in [3.63, 3.8) is 0 Å². The molecule has 0 saturated heterocycles. The summed E-state index contributed by atoms with van der Waals surface area (Å²) in [6.45, 7) is 10.0. The lowest BCUT2D eigenvalue weighted by Gasteiger charge is -2.38. The lowest BCUT2D eigenvalue weighted by atomic mass is 9.67. The standard InChI is InChI=1S/C16H32N2O2/c1-13-9-14(12-16(2,3)11-13)10-15(19)18-6-5-17-7-8-20-4/h13-14,17H,5-12H2,1-4H3,(H,18,19). The molecule has 2 atom stereocenters. The third-order valence-electron chi connectivity index (χ3n) is 4.06. The monoisotopic (exact) mass is 284 g/mol. The van der Waals surface area contributed by atoms with Gasteiger partial charge in [-0.1, -0.05) is 20.8 Å². The van der Waals surface area contributed by atoms with Gasteiger partial charge in [-0.15, -0.1) is 0 Å². The summed E-state index contributed by atoms with van der Waals surface area (Å²) < 4.78 is 4.95. The van der Waals surface area contributed by atoms with Gasteiger partial charge in [-0.2, -0.15) is 0 Å². The Balaban J connectivity index is 2.15. The molecule has 4 nitrogen and oxygen atoms in total. The number of carbonyl (C=O) groups excluding carboxylic acids is 1. The van der Waals surface area contributed by atoms with Crippen LogP contribution >= 0.6 is 0 Å². The van der Waals surface area contributed by atoms with Crippen LogP contribution in [0.3, 0.4) is 0 Å². The van der Waals surface area contributed by atoms with Crippen molar-refractivity contribution in [1.29, 1.82) is 0 Å². The van der Waals surface area contributed by atoms with Crippen molar-refractivity contribution >= 4 is 5.91 Å². The van der Waals surface area contributed by atoms with Gasteiger partial charge in [0.2, 0.25) is 5.91 Å². The predicted octanol–water partition coefficient (Wildman–Crippen LogP) is 2.19. The molecule has 0 aliphatic heterocycles. The van der Waals surface area contributed by atoms with Crippen LogP contribution in [0.4, 0.5) is 0 Å². The smallest absolute Gasteiger partial charge is 0.220 e. The summed E-state index contributed by atoms with van der Waals surface area (Å²) >= 11 is 0. The first-order valence-corrected chi connectivity index (χ1v) is 7.89. The third-order valence-corrected chi connectivity index (χ3v) is 4.06. The van der Waals surface area contributed by atoms with Crippen LogP contribution in [-0.2, 0) is 9.53 Å². The minimum atomic E-state index is 0.202. The highest BCUT2D eigenvalue weighted by Crippen LogP contribution is 2.42. The van der Waals surface area contributed by atoms with Crippen LogP contribution in [0.25, 0.3) is 0 Å². The van der Waals surface area contributed by atoms with Crippen LogP contribution in [0.5, 0.6) is 0 Å². The van der Waals surface area contributed by atoms with E-state index in [1.165, 1.54) is 19.3 Å². The maximum Gasteiger partial charge on any atom is 0.220 e. The number of amides is 1. The molecule has 1 rings (SSSR count). The van der Waals surface area contributed by atoms with Gasteiger partial charge in [0, 0.05) is 33.2 Å². The molecule has 1 fully saturated rings. The largest absolute Gasteiger partial charge is 0.383 e. The molecule has 1 aliphatic rings. The molecule has 1 amide bonds. The fourth-order valence-electron chi connectivity index (χ4n) is 3.62. The zero-order chi connectivity index (χ0) is 15.0. The van der Waals surface area contributed by atoms with Crippen LogP contribution in [0.1, 0.15) is 46.5 Å². The Labute approximate surface area is 124 Å². The van der Waals surface area contributed by atoms with Gasteiger partial charge >= 0.3 is 0 Å². The molecular weight excluding hydrogens is 252 g/mol.